The second kappa shape index (κ2) is 7.79. The van der Waals surface area contributed by atoms with Crippen molar-refractivity contribution in [2.75, 3.05) is 0 Å². The van der Waals surface area contributed by atoms with E-state index in [1.165, 1.54) is 28.7 Å². The van der Waals surface area contributed by atoms with Crippen LogP contribution >= 0.6 is 0 Å². The molecule has 0 radical (unpaired) electrons. The maximum Gasteiger partial charge on any atom is 1.00 e. The molecule has 0 saturated carbocycles. The normalized spacial score (nSPS) is 21.1. The number of hydrogen-bond donors (Lipinski definition) is 0. The molecule has 0 amide bonds. The van der Waals surface area contributed by atoms with Crippen molar-refractivity contribution in [1.29, 1.82) is 0 Å². The maximum absolute atomic E-state index is 2.41. The van der Waals surface area contributed by atoms with Crippen molar-refractivity contribution in [2.24, 2.45) is 5.92 Å². The molecule has 4 rings (SSSR count). The Bertz CT molecular complexity index is 679. The molecule has 2 aliphatic carbocycles. The molecule has 2 aromatic rings. The third-order valence-corrected chi connectivity index (χ3v) is 5.07. The van der Waals surface area contributed by atoms with Gasteiger partial charge in [-0.1, -0.05) is 86.2 Å². The summed E-state index contributed by atoms with van der Waals surface area (Å²) in [4.78, 5) is 0. The van der Waals surface area contributed by atoms with Gasteiger partial charge in [-0.05, 0) is 28.2 Å². The summed E-state index contributed by atoms with van der Waals surface area (Å²) in [5, 5.41) is 0. The van der Waals surface area contributed by atoms with Gasteiger partial charge in [0.05, 0.1) is 0 Å². The minimum absolute atomic E-state index is 0. The van der Waals surface area contributed by atoms with Crippen LogP contribution in [0.4, 0.5) is 0 Å². The van der Waals surface area contributed by atoms with E-state index in [0.29, 0.717) is 17.8 Å². The molecule has 0 fully saturated rings. The zero-order valence-corrected chi connectivity index (χ0v) is 14.4. The molecule has 0 aliphatic heterocycles. The van der Waals surface area contributed by atoms with Crippen LogP contribution in [0.1, 0.15) is 50.3 Å². The molecule has 0 bridgehead atoms. The van der Waals surface area contributed by atoms with E-state index in [-0.39, 0.29) is 40.6 Å². The zero-order valence-electron chi connectivity index (χ0n) is 16.4. The predicted molar refractivity (Wildman–Crippen MR) is 92.4 cm³/mol. The van der Waals surface area contributed by atoms with Crippen molar-refractivity contribution in [2.45, 2.75) is 25.2 Å². The van der Waals surface area contributed by atoms with Crippen LogP contribution in [-0.4, -0.2) is 0 Å². The van der Waals surface area contributed by atoms with Gasteiger partial charge in [0.15, 0.2) is 0 Å². The summed E-state index contributed by atoms with van der Waals surface area (Å²) in [5.41, 5.74) is 5.80. The molecule has 2 aliphatic rings. The minimum Gasteiger partial charge on any atom is -1.00 e. The standard InChI is InChI=1S/C21H20.2Li.2H/c1-2-17(20-13-11-15-7-3-5-9-18(15)20)21-14-12-16-8-4-6-10-19(16)21;;;;/h3-14,17,20-21H,2H2,1H3;;;;/q;2*+1;2*-1. The largest absolute Gasteiger partial charge is 1.00 e. The first kappa shape index (κ1) is 18.5. The maximum atomic E-state index is 2.41. The summed E-state index contributed by atoms with van der Waals surface area (Å²) in [5.74, 6) is 1.74. The van der Waals surface area contributed by atoms with Crippen molar-refractivity contribution >= 4 is 12.2 Å². The van der Waals surface area contributed by atoms with E-state index in [1.807, 2.05) is 0 Å². The van der Waals surface area contributed by atoms with Gasteiger partial charge in [0, 0.05) is 11.8 Å². The van der Waals surface area contributed by atoms with E-state index in [4.69, 9.17) is 0 Å². The molecule has 2 unspecified atom stereocenters. The Balaban J connectivity index is 0.00000144. The number of hydrogen-bond acceptors (Lipinski definition) is 0. The van der Waals surface area contributed by atoms with Crippen LogP contribution in [0.2, 0.25) is 0 Å². The molecule has 2 aromatic carbocycles. The van der Waals surface area contributed by atoms with E-state index >= 15 is 0 Å². The van der Waals surface area contributed by atoms with Crippen LogP contribution in [0.3, 0.4) is 0 Å². The topological polar surface area (TPSA) is 0 Å². The van der Waals surface area contributed by atoms with Crippen LogP contribution in [0.25, 0.3) is 12.2 Å². The molecular formula is C21H22Li2. The Morgan fingerprint density at radius 3 is 1.65 bits per heavy atom. The first-order valence-electron chi connectivity index (χ1n) is 7.92. The van der Waals surface area contributed by atoms with Gasteiger partial charge in [-0.15, -0.1) is 0 Å². The first-order valence-corrected chi connectivity index (χ1v) is 7.92. The fourth-order valence-corrected chi connectivity index (χ4v) is 4.03. The number of benzene rings is 2. The van der Waals surface area contributed by atoms with Gasteiger partial charge in [0.25, 0.3) is 0 Å². The summed E-state index contributed by atoms with van der Waals surface area (Å²) in [7, 11) is 0. The molecular weight excluding hydrogens is 266 g/mol. The Labute approximate surface area is 166 Å². The van der Waals surface area contributed by atoms with Crippen molar-refractivity contribution < 1.29 is 40.6 Å². The van der Waals surface area contributed by atoms with Gasteiger partial charge >= 0.3 is 37.7 Å². The Hall–Kier alpha value is -0.885. The average molecular weight is 288 g/mol. The molecule has 0 aromatic heterocycles. The SMILES string of the molecule is CCC(C1C=Cc2ccccc21)C1C=Cc2ccccc21.[H-].[H-].[Li+].[Li+]. The third-order valence-electron chi connectivity index (χ3n) is 5.07. The Kier molecular flexibility index (Phi) is 6.25. The summed E-state index contributed by atoms with van der Waals surface area (Å²) in [6.07, 6.45) is 10.6. The van der Waals surface area contributed by atoms with Crippen LogP contribution in [-0.2, 0) is 0 Å². The second-order valence-corrected chi connectivity index (χ2v) is 6.10. The van der Waals surface area contributed by atoms with Crippen molar-refractivity contribution in [1.82, 2.24) is 0 Å². The fraction of sp³-hybridized carbons (Fsp3) is 0.238. The van der Waals surface area contributed by atoms with E-state index < -0.39 is 0 Å². The predicted octanol–water partition coefficient (Wildman–Crippen LogP) is -0.133. The molecule has 0 saturated heterocycles. The van der Waals surface area contributed by atoms with Gasteiger partial charge < -0.3 is 2.85 Å². The van der Waals surface area contributed by atoms with Crippen molar-refractivity contribution in [3.8, 4) is 0 Å². The summed E-state index contributed by atoms with van der Waals surface area (Å²) in [6, 6.07) is 17.7. The quantitative estimate of drug-likeness (QED) is 0.690. The van der Waals surface area contributed by atoms with Gasteiger partial charge in [0.1, 0.15) is 0 Å². The number of rotatable bonds is 3. The van der Waals surface area contributed by atoms with Gasteiger partial charge in [-0.3, -0.25) is 0 Å². The minimum atomic E-state index is 0. The first-order chi connectivity index (χ1) is 10.4. The Morgan fingerprint density at radius 2 is 1.22 bits per heavy atom. The van der Waals surface area contributed by atoms with Crippen LogP contribution < -0.4 is 37.7 Å². The average Bonchev–Trinajstić information content (AvgIpc) is 3.14. The van der Waals surface area contributed by atoms with E-state index in [1.54, 1.807) is 0 Å². The van der Waals surface area contributed by atoms with E-state index in [2.05, 4.69) is 79.8 Å². The molecule has 0 heterocycles. The molecule has 0 nitrogen and oxygen atoms in total. The molecule has 23 heavy (non-hydrogen) atoms. The summed E-state index contributed by atoms with van der Waals surface area (Å²) in [6.45, 7) is 2.33. The molecule has 108 valence electrons. The van der Waals surface area contributed by atoms with Crippen LogP contribution in [0, 0.1) is 5.92 Å². The van der Waals surface area contributed by atoms with Crippen LogP contribution in [0.15, 0.2) is 60.7 Å². The van der Waals surface area contributed by atoms with E-state index in [0.717, 1.165) is 0 Å². The van der Waals surface area contributed by atoms with Gasteiger partial charge in [0.2, 0.25) is 0 Å². The number of fused-ring (bicyclic) bond motifs is 2. The fourth-order valence-electron chi connectivity index (χ4n) is 4.03. The third kappa shape index (κ3) is 3.20. The molecule has 0 N–H and O–H groups in total. The van der Waals surface area contributed by atoms with Crippen LogP contribution in [0.5, 0.6) is 0 Å². The van der Waals surface area contributed by atoms with Gasteiger partial charge in [-0.2, -0.15) is 0 Å². The van der Waals surface area contributed by atoms with Gasteiger partial charge in [-0.25, -0.2) is 0 Å². The summed E-state index contributed by atoms with van der Waals surface area (Å²) < 4.78 is 0. The zero-order chi connectivity index (χ0) is 14.2. The summed E-state index contributed by atoms with van der Waals surface area (Å²) >= 11 is 0. The second-order valence-electron chi connectivity index (χ2n) is 6.10. The molecule has 2 atom stereocenters. The monoisotopic (exact) mass is 288 g/mol. The van der Waals surface area contributed by atoms with E-state index in [9.17, 15) is 0 Å². The van der Waals surface area contributed by atoms with Crippen molar-refractivity contribution in [3.63, 3.8) is 0 Å². The molecule has 2 heteroatoms. The smallest absolute Gasteiger partial charge is 1.00 e. The van der Waals surface area contributed by atoms with Crippen molar-refractivity contribution in [3.05, 3.63) is 82.9 Å². The molecule has 0 spiro atoms. The number of allylic oxidation sites excluding steroid dienone is 2. The Morgan fingerprint density at radius 1 is 0.783 bits per heavy atom.